The molecule has 1 heterocycles. The molecular weight excluding hydrogens is 436 g/mol. The van der Waals surface area contributed by atoms with E-state index in [1.807, 2.05) is 0 Å². The average Bonchev–Trinajstić information content (AvgIpc) is 2.91. The maximum Gasteiger partial charge on any atom is 0.190 e. The number of nitrogen functional groups attached to an aromatic ring is 1. The minimum Gasteiger partial charge on any atom is -0.382 e. The van der Waals surface area contributed by atoms with Crippen molar-refractivity contribution in [2.45, 2.75) is 12.8 Å². The predicted octanol–water partition coefficient (Wildman–Crippen LogP) is 1.81. The lowest BCUT2D eigenvalue weighted by Crippen LogP contribution is -2.35. The van der Waals surface area contributed by atoms with Crippen LogP contribution >= 0.6 is 24.0 Å². The van der Waals surface area contributed by atoms with Crippen molar-refractivity contribution >= 4 is 35.8 Å². The van der Waals surface area contributed by atoms with Crippen molar-refractivity contribution in [2.75, 3.05) is 26.4 Å². The lowest BCUT2D eigenvalue weighted by molar-refractivity contribution is 0.627. The summed E-state index contributed by atoms with van der Waals surface area (Å²) in [6, 6.07) is 7.90. The zero-order chi connectivity index (χ0) is 17.5. The van der Waals surface area contributed by atoms with Gasteiger partial charge in [0.25, 0.3) is 0 Å². The molecule has 25 heavy (non-hydrogen) atoms. The fraction of sp³-hybridized carbons (Fsp3) is 0.312. The Morgan fingerprint density at radius 3 is 2.64 bits per heavy atom. The van der Waals surface area contributed by atoms with Gasteiger partial charge in [0.15, 0.2) is 5.96 Å². The molecule has 0 aliphatic rings. The summed E-state index contributed by atoms with van der Waals surface area (Å²) in [7, 11) is 3.48. The van der Waals surface area contributed by atoms with E-state index < -0.39 is 0 Å². The van der Waals surface area contributed by atoms with Crippen LogP contribution in [0.5, 0.6) is 0 Å². The molecule has 2 aromatic rings. The molecule has 0 radical (unpaired) electrons. The average molecular weight is 457 g/mol. The molecule has 134 valence electrons. The normalized spacial score (nSPS) is 10.7. The first-order valence-corrected chi connectivity index (χ1v) is 7.52. The van der Waals surface area contributed by atoms with Gasteiger partial charge in [0, 0.05) is 20.6 Å². The third-order valence-corrected chi connectivity index (χ3v) is 3.52. The summed E-state index contributed by atoms with van der Waals surface area (Å²) in [6.45, 7) is 0.682. The highest BCUT2D eigenvalue weighted by Crippen LogP contribution is 2.21. The zero-order valence-electron chi connectivity index (χ0n) is 14.1. The van der Waals surface area contributed by atoms with Crippen LogP contribution in [0.2, 0.25) is 0 Å². The van der Waals surface area contributed by atoms with Gasteiger partial charge in [-0.15, -0.1) is 24.0 Å². The third kappa shape index (κ3) is 5.06. The molecule has 4 N–H and O–H groups in total. The Hall–Kier alpha value is -2.35. The Bertz CT molecular complexity index is 762. The van der Waals surface area contributed by atoms with Crippen molar-refractivity contribution in [1.82, 2.24) is 20.4 Å². The van der Waals surface area contributed by atoms with Gasteiger partial charge in [-0.3, -0.25) is 4.99 Å². The van der Waals surface area contributed by atoms with Gasteiger partial charge in [0.05, 0.1) is 11.4 Å². The number of rotatable bonds is 5. The molecule has 9 heteroatoms. The van der Waals surface area contributed by atoms with Crippen LogP contribution in [0.3, 0.4) is 0 Å². The van der Waals surface area contributed by atoms with Crippen LogP contribution in [0.15, 0.2) is 29.3 Å². The number of aromatic nitrogens is 2. The standard InChI is InChI=1S/C16H20FN7.HI/c1-20-16(21-2)22-9-3-4-14-13(10-18)15(19)24(23-14)12-7-5-11(17)6-8-12;/h5-8H,3-4,9,19H2,1-2H3,(H2,20,21,22);1H. The summed E-state index contributed by atoms with van der Waals surface area (Å²) in [6.07, 6.45) is 1.35. The van der Waals surface area contributed by atoms with Gasteiger partial charge >= 0.3 is 0 Å². The molecule has 0 bridgehead atoms. The Labute approximate surface area is 163 Å². The number of aliphatic imine (C=N–C) groups is 1. The van der Waals surface area contributed by atoms with Crippen molar-refractivity contribution in [1.29, 1.82) is 5.26 Å². The minimum absolute atomic E-state index is 0. The monoisotopic (exact) mass is 457 g/mol. The predicted molar refractivity (Wildman–Crippen MR) is 107 cm³/mol. The number of aryl methyl sites for hydroxylation is 1. The van der Waals surface area contributed by atoms with E-state index >= 15 is 0 Å². The molecule has 0 fully saturated rings. The zero-order valence-corrected chi connectivity index (χ0v) is 16.4. The quantitative estimate of drug-likeness (QED) is 0.275. The largest absolute Gasteiger partial charge is 0.382 e. The second kappa shape index (κ2) is 9.83. The Kier molecular flexibility index (Phi) is 8.13. The molecule has 7 nitrogen and oxygen atoms in total. The van der Waals surface area contributed by atoms with Crippen molar-refractivity contribution in [3.8, 4) is 11.8 Å². The van der Waals surface area contributed by atoms with Gasteiger partial charge in [-0.2, -0.15) is 10.4 Å². The van der Waals surface area contributed by atoms with Crippen molar-refractivity contribution in [3.05, 3.63) is 41.3 Å². The van der Waals surface area contributed by atoms with E-state index in [1.54, 1.807) is 26.2 Å². The van der Waals surface area contributed by atoms with E-state index in [0.717, 1.165) is 6.42 Å². The highest BCUT2D eigenvalue weighted by atomic mass is 127. The smallest absolute Gasteiger partial charge is 0.190 e. The Morgan fingerprint density at radius 1 is 1.40 bits per heavy atom. The summed E-state index contributed by atoms with van der Waals surface area (Å²) in [5.74, 6) is 0.624. The van der Waals surface area contributed by atoms with Crippen molar-refractivity contribution in [3.63, 3.8) is 0 Å². The SMILES string of the molecule is CN=C(NC)NCCCc1nn(-c2ccc(F)cc2)c(N)c1C#N.I. The molecule has 0 amide bonds. The molecule has 0 spiro atoms. The van der Waals surface area contributed by atoms with Gasteiger partial charge in [0.1, 0.15) is 23.3 Å². The van der Waals surface area contributed by atoms with E-state index in [9.17, 15) is 9.65 Å². The maximum atomic E-state index is 13.0. The molecule has 0 aliphatic carbocycles. The summed E-state index contributed by atoms with van der Waals surface area (Å²) >= 11 is 0. The number of benzene rings is 1. The number of guanidine groups is 1. The summed E-state index contributed by atoms with van der Waals surface area (Å²) < 4.78 is 14.5. The first-order valence-electron chi connectivity index (χ1n) is 7.52. The highest BCUT2D eigenvalue weighted by Gasteiger charge is 2.16. The van der Waals surface area contributed by atoms with Gasteiger partial charge < -0.3 is 16.4 Å². The Morgan fingerprint density at radius 2 is 2.08 bits per heavy atom. The number of hydrogen-bond donors (Lipinski definition) is 3. The van der Waals surface area contributed by atoms with Crippen LogP contribution in [-0.2, 0) is 6.42 Å². The first-order chi connectivity index (χ1) is 11.6. The van der Waals surface area contributed by atoms with Crippen LogP contribution in [0.4, 0.5) is 10.2 Å². The van der Waals surface area contributed by atoms with Crippen molar-refractivity contribution < 1.29 is 4.39 Å². The summed E-state index contributed by atoms with van der Waals surface area (Å²) in [5.41, 5.74) is 7.62. The van der Waals surface area contributed by atoms with E-state index in [-0.39, 0.29) is 35.6 Å². The second-order valence-electron chi connectivity index (χ2n) is 5.06. The fourth-order valence-electron chi connectivity index (χ4n) is 2.30. The van der Waals surface area contributed by atoms with Gasteiger partial charge in [-0.1, -0.05) is 0 Å². The number of anilines is 1. The first kappa shape index (κ1) is 20.7. The highest BCUT2D eigenvalue weighted by molar-refractivity contribution is 14.0. The maximum absolute atomic E-state index is 13.0. The number of nitriles is 1. The van der Waals surface area contributed by atoms with E-state index in [2.05, 4.69) is 26.8 Å². The van der Waals surface area contributed by atoms with Crippen molar-refractivity contribution in [2.24, 2.45) is 4.99 Å². The molecule has 2 rings (SSSR count). The molecule has 0 atom stereocenters. The molecule has 0 saturated heterocycles. The molecule has 1 aromatic heterocycles. The third-order valence-electron chi connectivity index (χ3n) is 3.52. The number of hydrogen-bond acceptors (Lipinski definition) is 4. The number of nitrogens with two attached hydrogens (primary N) is 1. The molecule has 1 aromatic carbocycles. The van der Waals surface area contributed by atoms with Crippen LogP contribution in [0.1, 0.15) is 17.7 Å². The molecular formula is C16H21FIN7. The summed E-state index contributed by atoms with van der Waals surface area (Å²) in [5, 5.41) is 19.8. The van der Waals surface area contributed by atoms with Gasteiger partial charge in [0.2, 0.25) is 0 Å². The van der Waals surface area contributed by atoms with Gasteiger partial charge in [-0.25, -0.2) is 9.07 Å². The Balaban J connectivity index is 0.00000312. The lowest BCUT2D eigenvalue weighted by Gasteiger charge is -2.07. The number of nitrogens with zero attached hydrogens (tertiary/aromatic N) is 4. The van der Waals surface area contributed by atoms with E-state index in [1.165, 1.54) is 16.8 Å². The van der Waals surface area contributed by atoms with Crippen LogP contribution in [-0.4, -0.2) is 36.4 Å². The van der Waals surface area contributed by atoms with E-state index in [0.29, 0.717) is 35.9 Å². The second-order valence-corrected chi connectivity index (χ2v) is 5.06. The molecule has 0 unspecified atom stereocenters. The summed E-state index contributed by atoms with van der Waals surface area (Å²) in [4.78, 5) is 4.02. The van der Waals surface area contributed by atoms with Crippen LogP contribution in [0.25, 0.3) is 5.69 Å². The minimum atomic E-state index is -0.339. The topological polar surface area (TPSA) is 104 Å². The van der Waals surface area contributed by atoms with Crippen LogP contribution in [0, 0.1) is 17.1 Å². The number of nitrogens with one attached hydrogen (secondary N) is 2. The fourth-order valence-corrected chi connectivity index (χ4v) is 2.30. The lowest BCUT2D eigenvalue weighted by atomic mass is 10.1. The number of halogens is 2. The molecule has 0 aliphatic heterocycles. The van der Waals surface area contributed by atoms with E-state index in [4.69, 9.17) is 5.73 Å². The van der Waals surface area contributed by atoms with Crippen LogP contribution < -0.4 is 16.4 Å². The van der Waals surface area contributed by atoms with Gasteiger partial charge in [-0.05, 0) is 37.1 Å². The molecule has 0 saturated carbocycles.